The highest BCUT2D eigenvalue weighted by atomic mass is 19.4. The summed E-state index contributed by atoms with van der Waals surface area (Å²) >= 11 is 0. The first kappa shape index (κ1) is 16.6. The SMILES string of the molecule is O=C=Nc1ccc(F)cc1Oc1c(F)cc(C(F)(F)F)cc1F. The van der Waals surface area contributed by atoms with Crippen LogP contribution in [-0.2, 0) is 11.0 Å². The Hall–Kier alpha value is -2.80. The highest BCUT2D eigenvalue weighted by molar-refractivity contribution is 5.58. The number of benzene rings is 2. The maximum Gasteiger partial charge on any atom is 0.416 e. The molecule has 3 nitrogen and oxygen atoms in total. The zero-order chi connectivity index (χ0) is 17.2. The highest BCUT2D eigenvalue weighted by Crippen LogP contribution is 2.38. The monoisotopic (exact) mass is 333 g/mol. The number of ether oxygens (including phenoxy) is 1. The average Bonchev–Trinajstić information content (AvgIpc) is 2.44. The second kappa shape index (κ2) is 6.13. The standard InChI is InChI=1S/C14H5F6NO2/c15-8-1-2-11(21-6-22)12(5-8)23-13-9(16)3-7(4-10(13)17)14(18,19)20/h1-5H. The van der Waals surface area contributed by atoms with Crippen molar-refractivity contribution in [2.24, 2.45) is 4.99 Å². The summed E-state index contributed by atoms with van der Waals surface area (Å²) < 4.78 is 82.6. The van der Waals surface area contributed by atoms with Crippen LogP contribution in [0, 0.1) is 17.5 Å². The summed E-state index contributed by atoms with van der Waals surface area (Å²) in [4.78, 5) is 13.4. The van der Waals surface area contributed by atoms with Gasteiger partial charge in [0.25, 0.3) is 0 Å². The Kier molecular flexibility index (Phi) is 4.42. The smallest absolute Gasteiger partial charge is 0.416 e. The van der Waals surface area contributed by atoms with Crippen molar-refractivity contribution < 1.29 is 35.9 Å². The van der Waals surface area contributed by atoms with Crippen LogP contribution in [0.1, 0.15) is 5.56 Å². The maximum atomic E-state index is 13.7. The lowest BCUT2D eigenvalue weighted by molar-refractivity contribution is -0.138. The van der Waals surface area contributed by atoms with E-state index in [-0.39, 0.29) is 17.8 Å². The van der Waals surface area contributed by atoms with Gasteiger partial charge in [-0.15, -0.1) is 0 Å². The van der Waals surface area contributed by atoms with Gasteiger partial charge in [-0.1, -0.05) is 0 Å². The van der Waals surface area contributed by atoms with E-state index < -0.39 is 40.7 Å². The first-order chi connectivity index (χ1) is 10.7. The Bertz CT molecular complexity index is 773. The van der Waals surface area contributed by atoms with Crippen LogP contribution in [0.5, 0.6) is 11.5 Å². The minimum Gasteiger partial charge on any atom is -0.449 e. The molecule has 0 aliphatic heterocycles. The van der Waals surface area contributed by atoms with E-state index in [0.717, 1.165) is 18.2 Å². The Labute approximate surface area is 124 Å². The van der Waals surface area contributed by atoms with Gasteiger partial charge in [0.15, 0.2) is 23.1 Å². The lowest BCUT2D eigenvalue weighted by atomic mass is 10.2. The van der Waals surface area contributed by atoms with E-state index in [1.54, 1.807) is 0 Å². The van der Waals surface area contributed by atoms with Gasteiger partial charge in [0.1, 0.15) is 11.5 Å². The number of nitrogens with zero attached hydrogens (tertiary/aromatic N) is 1. The fraction of sp³-hybridized carbons (Fsp3) is 0.0714. The Balaban J connectivity index is 2.49. The molecule has 0 unspecified atom stereocenters. The molecule has 0 aliphatic carbocycles. The van der Waals surface area contributed by atoms with E-state index in [9.17, 15) is 31.1 Å². The number of halogens is 6. The molecule has 0 saturated heterocycles. The second-order valence-electron chi connectivity index (χ2n) is 4.18. The van der Waals surface area contributed by atoms with Crippen molar-refractivity contribution in [3.05, 3.63) is 53.3 Å². The maximum absolute atomic E-state index is 13.7. The van der Waals surface area contributed by atoms with Crippen LogP contribution >= 0.6 is 0 Å². The van der Waals surface area contributed by atoms with Crippen LogP contribution < -0.4 is 4.74 Å². The number of alkyl halides is 3. The molecule has 120 valence electrons. The summed E-state index contributed by atoms with van der Waals surface area (Å²) in [6.07, 6.45) is -3.83. The van der Waals surface area contributed by atoms with E-state index in [1.807, 2.05) is 0 Å². The average molecular weight is 333 g/mol. The Morgan fingerprint density at radius 2 is 1.61 bits per heavy atom. The van der Waals surface area contributed by atoms with Gasteiger partial charge in [0.2, 0.25) is 6.08 Å². The van der Waals surface area contributed by atoms with Gasteiger partial charge in [-0.05, 0) is 24.3 Å². The summed E-state index contributed by atoms with van der Waals surface area (Å²) in [7, 11) is 0. The number of carbonyl (C=O) groups excluding carboxylic acids is 1. The lowest BCUT2D eigenvalue weighted by Crippen LogP contribution is -2.07. The normalized spacial score (nSPS) is 11.0. The molecule has 9 heteroatoms. The van der Waals surface area contributed by atoms with Crippen LogP contribution in [-0.4, -0.2) is 6.08 Å². The van der Waals surface area contributed by atoms with Crippen molar-refractivity contribution in [2.75, 3.05) is 0 Å². The van der Waals surface area contributed by atoms with Crippen LogP contribution in [0.25, 0.3) is 0 Å². The number of aliphatic imine (C=N–C) groups is 1. The first-order valence-corrected chi connectivity index (χ1v) is 5.84. The second-order valence-corrected chi connectivity index (χ2v) is 4.18. The minimum atomic E-state index is -4.95. The summed E-state index contributed by atoms with van der Waals surface area (Å²) in [5.74, 6) is -5.93. The molecule has 0 saturated carbocycles. The zero-order valence-electron chi connectivity index (χ0n) is 10.9. The Morgan fingerprint density at radius 1 is 1.00 bits per heavy atom. The number of isocyanates is 1. The van der Waals surface area contributed by atoms with Crippen LogP contribution in [0.4, 0.5) is 32.0 Å². The van der Waals surface area contributed by atoms with Gasteiger partial charge in [-0.25, -0.2) is 18.0 Å². The zero-order valence-corrected chi connectivity index (χ0v) is 10.9. The summed E-state index contributed by atoms with van der Waals surface area (Å²) in [5, 5.41) is 0. The van der Waals surface area contributed by atoms with E-state index in [4.69, 9.17) is 4.74 Å². The predicted octanol–water partition coefficient (Wildman–Crippen LogP) is 4.88. The molecule has 0 amide bonds. The molecule has 2 rings (SSSR count). The van der Waals surface area contributed by atoms with Crippen LogP contribution in [0.15, 0.2) is 35.3 Å². The molecule has 0 fully saturated rings. The fourth-order valence-electron chi connectivity index (χ4n) is 1.64. The van der Waals surface area contributed by atoms with E-state index in [2.05, 4.69) is 4.99 Å². The van der Waals surface area contributed by atoms with Crippen molar-refractivity contribution in [3.63, 3.8) is 0 Å². The van der Waals surface area contributed by atoms with Crippen molar-refractivity contribution in [1.82, 2.24) is 0 Å². The predicted molar refractivity (Wildman–Crippen MR) is 65.6 cm³/mol. The molecule has 0 spiro atoms. The molecule has 23 heavy (non-hydrogen) atoms. The van der Waals surface area contributed by atoms with Crippen molar-refractivity contribution >= 4 is 11.8 Å². The third-order valence-corrected chi connectivity index (χ3v) is 2.63. The molecule has 0 bridgehead atoms. The lowest BCUT2D eigenvalue weighted by Gasteiger charge is -2.12. The fourth-order valence-corrected chi connectivity index (χ4v) is 1.64. The third kappa shape index (κ3) is 3.70. The van der Waals surface area contributed by atoms with Crippen molar-refractivity contribution in [1.29, 1.82) is 0 Å². The van der Waals surface area contributed by atoms with Crippen LogP contribution in [0.3, 0.4) is 0 Å². The van der Waals surface area contributed by atoms with E-state index >= 15 is 0 Å². The number of hydrogen-bond donors (Lipinski definition) is 0. The molecular weight excluding hydrogens is 328 g/mol. The van der Waals surface area contributed by atoms with Crippen molar-refractivity contribution in [2.45, 2.75) is 6.18 Å². The molecular formula is C14H5F6NO2. The van der Waals surface area contributed by atoms with Crippen LogP contribution in [0.2, 0.25) is 0 Å². The number of hydrogen-bond acceptors (Lipinski definition) is 3. The summed E-state index contributed by atoms with van der Waals surface area (Å²) in [5.41, 5.74) is -1.86. The van der Waals surface area contributed by atoms with Gasteiger partial charge < -0.3 is 4.74 Å². The first-order valence-electron chi connectivity index (χ1n) is 5.84. The number of rotatable bonds is 3. The van der Waals surface area contributed by atoms with E-state index in [1.165, 1.54) is 0 Å². The quantitative estimate of drug-likeness (QED) is 0.456. The van der Waals surface area contributed by atoms with Gasteiger partial charge in [-0.3, -0.25) is 0 Å². The molecule has 2 aromatic rings. The highest BCUT2D eigenvalue weighted by Gasteiger charge is 2.33. The Morgan fingerprint density at radius 3 is 2.13 bits per heavy atom. The largest absolute Gasteiger partial charge is 0.449 e. The minimum absolute atomic E-state index is 0.0281. The topological polar surface area (TPSA) is 38.7 Å². The summed E-state index contributed by atoms with van der Waals surface area (Å²) in [6.45, 7) is 0. The van der Waals surface area contributed by atoms with Gasteiger partial charge >= 0.3 is 6.18 Å². The molecule has 0 heterocycles. The molecule has 0 aromatic heterocycles. The molecule has 0 N–H and O–H groups in total. The third-order valence-electron chi connectivity index (χ3n) is 2.63. The molecule has 0 radical (unpaired) electrons. The van der Waals surface area contributed by atoms with E-state index in [0.29, 0.717) is 6.07 Å². The molecule has 0 aliphatic rings. The van der Waals surface area contributed by atoms with Gasteiger partial charge in [-0.2, -0.15) is 18.2 Å². The van der Waals surface area contributed by atoms with Gasteiger partial charge in [0.05, 0.1) is 5.56 Å². The summed E-state index contributed by atoms with van der Waals surface area (Å²) in [6, 6.07) is 2.57. The van der Waals surface area contributed by atoms with Gasteiger partial charge in [0, 0.05) is 6.07 Å². The molecule has 2 aromatic carbocycles. The molecule has 0 atom stereocenters. The van der Waals surface area contributed by atoms with Crippen molar-refractivity contribution in [3.8, 4) is 11.5 Å².